The Morgan fingerprint density at radius 1 is 1.50 bits per heavy atom. The number of carboxylic acids is 1. The zero-order chi connectivity index (χ0) is 12.3. The summed E-state index contributed by atoms with van der Waals surface area (Å²) in [4.78, 5) is 10.6. The van der Waals surface area contributed by atoms with Crippen LogP contribution in [0, 0.1) is 0 Å². The molecule has 16 heavy (non-hydrogen) atoms. The molecule has 0 bridgehead atoms. The molecule has 0 radical (unpaired) electrons. The summed E-state index contributed by atoms with van der Waals surface area (Å²) in [5.41, 5.74) is 0. The maximum absolute atomic E-state index is 11.5. The van der Waals surface area contributed by atoms with E-state index < -0.39 is 27.3 Å². The number of carboxylic acid groups (broad SMARTS) is 1. The minimum absolute atomic E-state index is 0.432. The zero-order valence-electron chi connectivity index (χ0n) is 8.88. The highest BCUT2D eigenvalue weighted by molar-refractivity contribution is 7.90. The van der Waals surface area contributed by atoms with Crippen molar-refractivity contribution in [1.82, 2.24) is 4.72 Å². The monoisotopic (exact) mass is 247 g/mol. The van der Waals surface area contributed by atoms with Gasteiger partial charge in [0.15, 0.2) is 5.25 Å². The zero-order valence-corrected chi connectivity index (χ0v) is 9.69. The third-order valence-corrected chi connectivity index (χ3v) is 3.94. The maximum Gasteiger partial charge on any atom is 0.323 e. The van der Waals surface area contributed by atoms with Gasteiger partial charge in [0, 0.05) is 0 Å². The van der Waals surface area contributed by atoms with Crippen LogP contribution in [0.15, 0.2) is 22.8 Å². The summed E-state index contributed by atoms with van der Waals surface area (Å²) < 4.78 is 30.3. The fourth-order valence-electron chi connectivity index (χ4n) is 1.08. The summed E-state index contributed by atoms with van der Waals surface area (Å²) in [5.74, 6) is -0.958. The molecule has 0 spiro atoms. The van der Waals surface area contributed by atoms with Crippen LogP contribution in [0.3, 0.4) is 0 Å². The SMILES string of the molecule is CC(C(=O)O)S(=O)(=O)N[C@@H](C)c1ccco1. The molecule has 1 aromatic heterocycles. The molecule has 2 N–H and O–H groups in total. The van der Waals surface area contributed by atoms with Gasteiger partial charge < -0.3 is 9.52 Å². The molecule has 0 aliphatic carbocycles. The molecule has 0 aromatic carbocycles. The average molecular weight is 247 g/mol. The number of furan rings is 1. The second kappa shape index (κ2) is 4.67. The number of carbonyl (C=O) groups is 1. The summed E-state index contributed by atoms with van der Waals surface area (Å²) in [5, 5.41) is 7.12. The Balaban J connectivity index is 2.78. The Hall–Kier alpha value is -1.34. The first kappa shape index (κ1) is 12.7. The smallest absolute Gasteiger partial charge is 0.323 e. The van der Waals surface area contributed by atoms with E-state index in [-0.39, 0.29) is 0 Å². The molecule has 0 saturated carbocycles. The summed E-state index contributed by atoms with van der Waals surface area (Å²) in [6.45, 7) is 2.68. The van der Waals surface area contributed by atoms with Crippen LogP contribution >= 0.6 is 0 Å². The molecule has 1 rings (SSSR count). The molecule has 90 valence electrons. The van der Waals surface area contributed by atoms with E-state index in [1.54, 1.807) is 19.1 Å². The number of hydrogen-bond acceptors (Lipinski definition) is 4. The first-order valence-corrected chi connectivity index (χ1v) is 6.16. The van der Waals surface area contributed by atoms with Crippen LogP contribution in [0.1, 0.15) is 25.6 Å². The van der Waals surface area contributed by atoms with Gasteiger partial charge in [-0.2, -0.15) is 0 Å². The summed E-state index contributed by atoms with van der Waals surface area (Å²) in [6, 6.07) is 2.64. The lowest BCUT2D eigenvalue weighted by atomic mass is 10.3. The predicted octanol–water partition coefficient (Wildman–Crippen LogP) is 0.733. The second-order valence-electron chi connectivity index (χ2n) is 3.38. The van der Waals surface area contributed by atoms with Crippen molar-refractivity contribution in [2.24, 2.45) is 0 Å². The third kappa shape index (κ3) is 2.83. The molecule has 1 unspecified atom stereocenters. The number of rotatable bonds is 5. The molecule has 1 aromatic rings. The normalized spacial score (nSPS) is 15.6. The predicted molar refractivity (Wildman–Crippen MR) is 56.3 cm³/mol. The molecule has 0 saturated heterocycles. The number of nitrogens with one attached hydrogen (secondary N) is 1. The van der Waals surface area contributed by atoms with Gasteiger partial charge in [0.1, 0.15) is 5.76 Å². The molecule has 6 nitrogen and oxygen atoms in total. The molecule has 7 heteroatoms. The van der Waals surface area contributed by atoms with Gasteiger partial charge in [-0.15, -0.1) is 0 Å². The Morgan fingerprint density at radius 2 is 2.12 bits per heavy atom. The van der Waals surface area contributed by atoms with Crippen LogP contribution in [0.2, 0.25) is 0 Å². The van der Waals surface area contributed by atoms with E-state index in [9.17, 15) is 13.2 Å². The standard InChI is InChI=1S/C9H13NO5S/c1-6(8-4-3-5-15-8)10-16(13,14)7(2)9(11)12/h3-7,10H,1-2H3,(H,11,12)/t6-,7?/m0/s1. The molecule has 0 aliphatic heterocycles. The fourth-order valence-corrected chi connectivity index (χ4v) is 2.16. The molecule has 0 fully saturated rings. The Labute approximate surface area is 93.3 Å². The Bertz CT molecular complexity index is 450. The number of sulfonamides is 1. The molecular formula is C9H13NO5S. The largest absolute Gasteiger partial charge is 0.480 e. The van der Waals surface area contributed by atoms with Crippen molar-refractivity contribution >= 4 is 16.0 Å². The lowest BCUT2D eigenvalue weighted by Crippen LogP contribution is -2.38. The van der Waals surface area contributed by atoms with Crippen molar-refractivity contribution in [2.45, 2.75) is 25.1 Å². The first-order valence-electron chi connectivity index (χ1n) is 4.62. The molecule has 2 atom stereocenters. The Kier molecular flexibility index (Phi) is 3.71. The number of hydrogen-bond donors (Lipinski definition) is 2. The van der Waals surface area contributed by atoms with E-state index >= 15 is 0 Å². The van der Waals surface area contributed by atoms with Crippen LogP contribution in [-0.2, 0) is 14.8 Å². The van der Waals surface area contributed by atoms with Gasteiger partial charge in [0.25, 0.3) is 0 Å². The minimum atomic E-state index is -3.89. The quantitative estimate of drug-likeness (QED) is 0.799. The molecule has 0 amide bonds. The highest BCUT2D eigenvalue weighted by atomic mass is 32.2. The van der Waals surface area contributed by atoms with E-state index in [0.29, 0.717) is 5.76 Å². The molecule has 1 heterocycles. The van der Waals surface area contributed by atoms with E-state index in [1.807, 2.05) is 0 Å². The number of aliphatic carboxylic acids is 1. The van der Waals surface area contributed by atoms with Crippen molar-refractivity contribution in [1.29, 1.82) is 0 Å². The van der Waals surface area contributed by atoms with Crippen molar-refractivity contribution < 1.29 is 22.7 Å². The van der Waals surface area contributed by atoms with Crippen molar-refractivity contribution in [3.8, 4) is 0 Å². The van der Waals surface area contributed by atoms with Gasteiger partial charge in [0.05, 0.1) is 12.3 Å². The molecular weight excluding hydrogens is 234 g/mol. The Morgan fingerprint density at radius 3 is 2.56 bits per heavy atom. The van der Waals surface area contributed by atoms with E-state index in [0.717, 1.165) is 6.92 Å². The minimum Gasteiger partial charge on any atom is -0.480 e. The van der Waals surface area contributed by atoms with Crippen LogP contribution in [-0.4, -0.2) is 24.7 Å². The van der Waals surface area contributed by atoms with Crippen LogP contribution in [0.4, 0.5) is 0 Å². The highest BCUT2D eigenvalue weighted by Gasteiger charge is 2.29. The average Bonchev–Trinajstić information content (AvgIpc) is 2.68. The van der Waals surface area contributed by atoms with Gasteiger partial charge >= 0.3 is 5.97 Å². The molecule has 0 aliphatic rings. The van der Waals surface area contributed by atoms with E-state index in [2.05, 4.69) is 4.72 Å². The van der Waals surface area contributed by atoms with Crippen LogP contribution in [0.5, 0.6) is 0 Å². The summed E-state index contributed by atoms with van der Waals surface area (Å²) in [6.07, 6.45) is 1.42. The van der Waals surface area contributed by atoms with Gasteiger partial charge in [0.2, 0.25) is 10.0 Å². The lowest BCUT2D eigenvalue weighted by molar-refractivity contribution is -0.136. The van der Waals surface area contributed by atoms with Gasteiger partial charge in [-0.1, -0.05) is 0 Å². The van der Waals surface area contributed by atoms with Gasteiger partial charge in [-0.05, 0) is 26.0 Å². The van der Waals surface area contributed by atoms with E-state index in [1.165, 1.54) is 6.26 Å². The lowest BCUT2D eigenvalue weighted by Gasteiger charge is -2.14. The van der Waals surface area contributed by atoms with Crippen LogP contribution in [0.25, 0.3) is 0 Å². The fraction of sp³-hybridized carbons (Fsp3) is 0.444. The second-order valence-corrected chi connectivity index (χ2v) is 5.41. The highest BCUT2D eigenvalue weighted by Crippen LogP contribution is 2.14. The summed E-state index contributed by atoms with van der Waals surface area (Å²) in [7, 11) is -3.89. The van der Waals surface area contributed by atoms with Crippen LogP contribution < -0.4 is 4.72 Å². The van der Waals surface area contributed by atoms with E-state index in [4.69, 9.17) is 9.52 Å². The third-order valence-electron chi connectivity index (χ3n) is 2.12. The van der Waals surface area contributed by atoms with Gasteiger partial charge in [-0.3, -0.25) is 4.79 Å². The van der Waals surface area contributed by atoms with Crippen molar-refractivity contribution in [3.05, 3.63) is 24.2 Å². The summed E-state index contributed by atoms with van der Waals surface area (Å²) >= 11 is 0. The van der Waals surface area contributed by atoms with Gasteiger partial charge in [-0.25, -0.2) is 13.1 Å². The first-order chi connectivity index (χ1) is 7.34. The maximum atomic E-state index is 11.5. The van der Waals surface area contributed by atoms with Crippen molar-refractivity contribution in [2.75, 3.05) is 0 Å². The topological polar surface area (TPSA) is 96.6 Å². The van der Waals surface area contributed by atoms with Crippen molar-refractivity contribution in [3.63, 3.8) is 0 Å².